The summed E-state index contributed by atoms with van der Waals surface area (Å²) in [4.78, 5) is 23.4. The van der Waals surface area contributed by atoms with Crippen LogP contribution in [-0.2, 0) is 9.59 Å². The van der Waals surface area contributed by atoms with Gasteiger partial charge in [0.25, 0.3) is 0 Å². The van der Waals surface area contributed by atoms with Crippen molar-refractivity contribution < 1.29 is 9.59 Å². The molecule has 1 saturated heterocycles. The zero-order chi connectivity index (χ0) is 13.0. The van der Waals surface area contributed by atoms with Gasteiger partial charge in [0.05, 0.1) is 12.6 Å². The van der Waals surface area contributed by atoms with Crippen LogP contribution in [0.5, 0.6) is 0 Å². The first-order valence-electron chi connectivity index (χ1n) is 7.00. The Morgan fingerprint density at radius 3 is 2.89 bits per heavy atom. The van der Waals surface area contributed by atoms with Crippen molar-refractivity contribution in [3.8, 4) is 0 Å². The van der Waals surface area contributed by atoms with Crippen molar-refractivity contribution in [2.24, 2.45) is 11.8 Å². The minimum absolute atomic E-state index is 0.0175. The van der Waals surface area contributed by atoms with Gasteiger partial charge in [-0.15, -0.1) is 0 Å². The van der Waals surface area contributed by atoms with Crippen LogP contribution in [0.15, 0.2) is 0 Å². The normalized spacial score (nSPS) is 29.9. The van der Waals surface area contributed by atoms with Gasteiger partial charge in [-0.2, -0.15) is 0 Å². The van der Waals surface area contributed by atoms with E-state index in [9.17, 15) is 9.59 Å². The van der Waals surface area contributed by atoms with Gasteiger partial charge in [-0.3, -0.25) is 9.59 Å². The molecule has 1 heterocycles. The van der Waals surface area contributed by atoms with Gasteiger partial charge in [-0.05, 0) is 37.6 Å². The molecule has 0 aromatic heterocycles. The summed E-state index contributed by atoms with van der Waals surface area (Å²) in [5.74, 6) is 1.01. The van der Waals surface area contributed by atoms with Gasteiger partial charge in [0.2, 0.25) is 11.8 Å². The summed E-state index contributed by atoms with van der Waals surface area (Å²) in [6, 6.07) is -0.0866. The molecule has 0 aromatic rings. The van der Waals surface area contributed by atoms with Crippen LogP contribution >= 0.6 is 0 Å². The molecule has 2 fully saturated rings. The average Bonchev–Trinajstić information content (AvgIpc) is 2.95. The van der Waals surface area contributed by atoms with Crippen molar-refractivity contribution >= 4 is 11.8 Å². The molecule has 2 rings (SSSR count). The summed E-state index contributed by atoms with van der Waals surface area (Å²) in [6.45, 7) is 3.71. The summed E-state index contributed by atoms with van der Waals surface area (Å²) in [6.07, 6.45) is 4.52. The Morgan fingerprint density at radius 1 is 1.28 bits per heavy atom. The largest absolute Gasteiger partial charge is 0.355 e. The van der Waals surface area contributed by atoms with E-state index >= 15 is 0 Å². The van der Waals surface area contributed by atoms with Gasteiger partial charge >= 0.3 is 0 Å². The second-order valence-electron chi connectivity index (χ2n) is 5.31. The molecular weight excluding hydrogens is 230 g/mol. The molecule has 1 aliphatic heterocycles. The van der Waals surface area contributed by atoms with Crippen LogP contribution in [0, 0.1) is 11.8 Å². The number of fused-ring (bicyclic) bond motifs is 1. The summed E-state index contributed by atoms with van der Waals surface area (Å²) < 4.78 is 0. The second kappa shape index (κ2) is 6.18. The summed E-state index contributed by atoms with van der Waals surface area (Å²) in [5.41, 5.74) is 0. The third kappa shape index (κ3) is 3.02. The topological polar surface area (TPSA) is 70.2 Å². The van der Waals surface area contributed by atoms with Crippen molar-refractivity contribution in [3.05, 3.63) is 0 Å². The standard InChI is InChI=1S/C13H23N3O2/c1-2-6-14-11(17)8-16-13(18)12-10-5-3-4-9(10)7-15-12/h9-10,12,15H,2-8H2,1H3,(H,14,17)(H,16,18). The van der Waals surface area contributed by atoms with Crippen molar-refractivity contribution in [1.82, 2.24) is 16.0 Å². The highest BCUT2D eigenvalue weighted by Crippen LogP contribution is 2.37. The molecule has 1 aliphatic carbocycles. The molecule has 3 atom stereocenters. The maximum absolute atomic E-state index is 12.0. The van der Waals surface area contributed by atoms with E-state index in [1.807, 2.05) is 6.92 Å². The lowest BCUT2D eigenvalue weighted by Gasteiger charge is -2.17. The third-order valence-electron chi connectivity index (χ3n) is 4.02. The first-order valence-corrected chi connectivity index (χ1v) is 7.00. The van der Waals surface area contributed by atoms with Gasteiger partial charge in [0.15, 0.2) is 0 Å². The number of carbonyl (C=O) groups is 2. The predicted octanol–water partition coefficient (Wildman–Crippen LogP) is 0.0169. The van der Waals surface area contributed by atoms with E-state index in [0.29, 0.717) is 18.4 Å². The predicted molar refractivity (Wildman–Crippen MR) is 68.9 cm³/mol. The Morgan fingerprint density at radius 2 is 2.11 bits per heavy atom. The summed E-state index contributed by atoms with van der Waals surface area (Å²) in [5, 5.41) is 8.76. The minimum atomic E-state index is -0.105. The molecule has 0 radical (unpaired) electrons. The maximum Gasteiger partial charge on any atom is 0.239 e. The van der Waals surface area contributed by atoms with Crippen LogP contribution in [0.3, 0.4) is 0 Å². The van der Waals surface area contributed by atoms with Crippen LogP contribution in [0.2, 0.25) is 0 Å². The average molecular weight is 253 g/mol. The fourth-order valence-electron chi connectivity index (χ4n) is 3.08. The van der Waals surface area contributed by atoms with Gasteiger partial charge in [-0.25, -0.2) is 0 Å². The van der Waals surface area contributed by atoms with Crippen molar-refractivity contribution in [1.29, 1.82) is 0 Å². The zero-order valence-corrected chi connectivity index (χ0v) is 11.0. The van der Waals surface area contributed by atoms with Crippen LogP contribution in [0.1, 0.15) is 32.6 Å². The van der Waals surface area contributed by atoms with Crippen molar-refractivity contribution in [2.75, 3.05) is 19.6 Å². The maximum atomic E-state index is 12.0. The van der Waals surface area contributed by atoms with Crippen LogP contribution < -0.4 is 16.0 Å². The lowest BCUT2D eigenvalue weighted by atomic mass is 9.94. The van der Waals surface area contributed by atoms with E-state index < -0.39 is 0 Å². The minimum Gasteiger partial charge on any atom is -0.355 e. The van der Waals surface area contributed by atoms with Crippen molar-refractivity contribution in [3.63, 3.8) is 0 Å². The number of rotatable bonds is 5. The summed E-state index contributed by atoms with van der Waals surface area (Å²) in [7, 11) is 0. The molecule has 5 heteroatoms. The van der Waals surface area contributed by atoms with Crippen molar-refractivity contribution in [2.45, 2.75) is 38.6 Å². The third-order valence-corrected chi connectivity index (χ3v) is 4.02. The molecular formula is C13H23N3O2. The number of nitrogens with one attached hydrogen (secondary N) is 3. The van der Waals surface area contributed by atoms with Gasteiger partial charge in [-0.1, -0.05) is 13.3 Å². The quantitative estimate of drug-likeness (QED) is 0.647. The molecule has 5 nitrogen and oxygen atoms in total. The van der Waals surface area contributed by atoms with E-state index in [4.69, 9.17) is 0 Å². The first-order chi connectivity index (χ1) is 8.72. The highest BCUT2D eigenvalue weighted by Gasteiger charge is 2.42. The number of hydrogen-bond acceptors (Lipinski definition) is 3. The zero-order valence-electron chi connectivity index (χ0n) is 11.0. The van der Waals surface area contributed by atoms with Crippen LogP contribution in [-0.4, -0.2) is 37.5 Å². The SMILES string of the molecule is CCCNC(=O)CNC(=O)C1NCC2CCCC21. The molecule has 18 heavy (non-hydrogen) atoms. The second-order valence-corrected chi connectivity index (χ2v) is 5.31. The molecule has 102 valence electrons. The van der Waals surface area contributed by atoms with E-state index in [1.165, 1.54) is 12.8 Å². The molecule has 1 saturated carbocycles. The molecule has 2 aliphatic rings. The Labute approximate surface area is 108 Å². The number of carbonyl (C=O) groups excluding carboxylic acids is 2. The highest BCUT2D eigenvalue weighted by atomic mass is 16.2. The number of hydrogen-bond donors (Lipinski definition) is 3. The van der Waals surface area contributed by atoms with Crippen LogP contribution in [0.25, 0.3) is 0 Å². The fourth-order valence-corrected chi connectivity index (χ4v) is 3.08. The molecule has 0 aromatic carbocycles. The van der Waals surface area contributed by atoms with Gasteiger partial charge in [0.1, 0.15) is 0 Å². The molecule has 2 amide bonds. The van der Waals surface area contributed by atoms with Gasteiger partial charge in [0, 0.05) is 6.54 Å². The molecule has 0 spiro atoms. The van der Waals surface area contributed by atoms with E-state index in [0.717, 1.165) is 19.4 Å². The van der Waals surface area contributed by atoms with Crippen LogP contribution in [0.4, 0.5) is 0 Å². The molecule has 0 bridgehead atoms. The fraction of sp³-hybridized carbons (Fsp3) is 0.846. The lowest BCUT2D eigenvalue weighted by Crippen LogP contribution is -2.47. The van der Waals surface area contributed by atoms with E-state index in [-0.39, 0.29) is 24.4 Å². The number of amides is 2. The highest BCUT2D eigenvalue weighted by molar-refractivity contribution is 5.87. The Hall–Kier alpha value is -1.10. The monoisotopic (exact) mass is 253 g/mol. The molecule has 3 N–H and O–H groups in total. The Balaban J connectivity index is 1.73. The lowest BCUT2D eigenvalue weighted by molar-refractivity contribution is -0.127. The smallest absolute Gasteiger partial charge is 0.239 e. The first kappa shape index (κ1) is 13.3. The summed E-state index contributed by atoms with van der Waals surface area (Å²) >= 11 is 0. The Kier molecular flexibility index (Phi) is 4.58. The van der Waals surface area contributed by atoms with Gasteiger partial charge < -0.3 is 16.0 Å². The Bertz CT molecular complexity index is 319. The van der Waals surface area contributed by atoms with E-state index in [2.05, 4.69) is 16.0 Å². The van der Waals surface area contributed by atoms with E-state index in [1.54, 1.807) is 0 Å². The molecule has 3 unspecified atom stereocenters.